The van der Waals surface area contributed by atoms with Crippen LogP contribution in [0.4, 0.5) is 5.00 Å². The van der Waals surface area contributed by atoms with Crippen LogP contribution in [0.3, 0.4) is 0 Å². The van der Waals surface area contributed by atoms with Crippen molar-refractivity contribution in [1.82, 2.24) is 5.32 Å². The number of benzene rings is 1. The maximum absolute atomic E-state index is 12.9. The zero-order chi connectivity index (χ0) is 20.9. The number of amides is 2. The van der Waals surface area contributed by atoms with Crippen molar-refractivity contribution in [1.29, 1.82) is 0 Å². The summed E-state index contributed by atoms with van der Waals surface area (Å²) in [5, 5.41) is 6.29. The van der Waals surface area contributed by atoms with Crippen LogP contribution in [0.5, 0.6) is 11.5 Å². The number of hydrogen-bond donors (Lipinski definition) is 2. The van der Waals surface area contributed by atoms with Crippen LogP contribution in [-0.4, -0.2) is 25.5 Å². The number of para-hydroxylation sites is 2. The van der Waals surface area contributed by atoms with Gasteiger partial charge in [0.05, 0.1) is 25.5 Å². The Morgan fingerprint density at radius 2 is 1.97 bits per heavy atom. The molecule has 3 aromatic rings. The Morgan fingerprint density at radius 3 is 2.73 bits per heavy atom. The minimum Gasteiger partial charge on any atom is -0.493 e. The Balaban J connectivity index is 1.44. The van der Waals surface area contributed by atoms with Crippen molar-refractivity contribution in [2.24, 2.45) is 0 Å². The van der Waals surface area contributed by atoms with E-state index in [1.165, 1.54) is 11.3 Å². The number of ether oxygens (including phenoxy) is 2. The number of thiophene rings is 1. The standard InChI is InChI=1S/C22H22N2O5S/c1-27-16-8-2-3-9-17(16)29-13-19(25)24-22-20(15-7-4-10-18(15)30-22)21(26)23-12-14-6-5-11-28-14/h2-3,5-6,8-9,11H,4,7,10,12-13H2,1H3,(H,23,26)(H,24,25). The summed E-state index contributed by atoms with van der Waals surface area (Å²) in [6.45, 7) is 0.108. The van der Waals surface area contributed by atoms with E-state index in [0.29, 0.717) is 34.4 Å². The number of nitrogens with one attached hydrogen (secondary N) is 2. The lowest BCUT2D eigenvalue weighted by Gasteiger charge is -2.11. The molecule has 1 aliphatic rings. The van der Waals surface area contributed by atoms with Crippen LogP contribution in [-0.2, 0) is 24.2 Å². The van der Waals surface area contributed by atoms with E-state index in [1.807, 2.05) is 6.07 Å². The van der Waals surface area contributed by atoms with Gasteiger partial charge in [-0.05, 0) is 49.1 Å². The number of methoxy groups -OCH3 is 1. The average molecular weight is 426 g/mol. The van der Waals surface area contributed by atoms with Crippen molar-refractivity contribution in [2.45, 2.75) is 25.8 Å². The lowest BCUT2D eigenvalue weighted by Crippen LogP contribution is -2.26. The van der Waals surface area contributed by atoms with Crippen molar-refractivity contribution in [3.8, 4) is 11.5 Å². The van der Waals surface area contributed by atoms with Crippen molar-refractivity contribution in [2.75, 3.05) is 19.0 Å². The molecule has 0 saturated carbocycles. The monoisotopic (exact) mass is 426 g/mol. The summed E-state index contributed by atoms with van der Waals surface area (Å²) in [6.07, 6.45) is 4.34. The van der Waals surface area contributed by atoms with Crippen molar-refractivity contribution >= 4 is 28.2 Å². The lowest BCUT2D eigenvalue weighted by molar-refractivity contribution is -0.118. The highest BCUT2D eigenvalue weighted by atomic mass is 32.1. The highest BCUT2D eigenvalue weighted by Gasteiger charge is 2.27. The third-order valence-electron chi connectivity index (χ3n) is 4.83. The van der Waals surface area contributed by atoms with E-state index in [9.17, 15) is 9.59 Å². The summed E-state index contributed by atoms with van der Waals surface area (Å²) in [4.78, 5) is 26.5. The van der Waals surface area contributed by atoms with Crippen LogP contribution < -0.4 is 20.1 Å². The van der Waals surface area contributed by atoms with Gasteiger partial charge in [-0.25, -0.2) is 0 Å². The van der Waals surface area contributed by atoms with E-state index < -0.39 is 0 Å². The van der Waals surface area contributed by atoms with Gasteiger partial charge in [-0.3, -0.25) is 9.59 Å². The molecular formula is C22H22N2O5S. The van der Waals surface area contributed by atoms with E-state index >= 15 is 0 Å². The molecule has 1 aromatic carbocycles. The van der Waals surface area contributed by atoms with Gasteiger partial charge in [0.2, 0.25) is 0 Å². The van der Waals surface area contributed by atoms with E-state index in [4.69, 9.17) is 13.9 Å². The van der Waals surface area contributed by atoms with Crippen molar-refractivity contribution in [3.63, 3.8) is 0 Å². The molecule has 2 aromatic heterocycles. The fourth-order valence-electron chi connectivity index (χ4n) is 3.45. The number of rotatable bonds is 8. The predicted octanol–water partition coefficient (Wildman–Crippen LogP) is 3.79. The van der Waals surface area contributed by atoms with Gasteiger partial charge < -0.3 is 24.5 Å². The fourth-order valence-corrected chi connectivity index (χ4v) is 4.75. The van der Waals surface area contributed by atoms with E-state index in [0.717, 1.165) is 29.7 Å². The first-order chi connectivity index (χ1) is 14.7. The van der Waals surface area contributed by atoms with E-state index in [2.05, 4.69) is 10.6 Å². The number of anilines is 1. The molecule has 1 aliphatic carbocycles. The Morgan fingerprint density at radius 1 is 1.13 bits per heavy atom. The number of hydrogen-bond acceptors (Lipinski definition) is 6. The maximum atomic E-state index is 12.9. The van der Waals surface area contributed by atoms with Crippen LogP contribution in [0.1, 0.15) is 33.0 Å². The Hall–Kier alpha value is -3.26. The molecule has 0 radical (unpaired) electrons. The zero-order valence-corrected chi connectivity index (χ0v) is 17.3. The summed E-state index contributed by atoms with van der Waals surface area (Å²) < 4.78 is 16.1. The zero-order valence-electron chi connectivity index (χ0n) is 16.5. The van der Waals surface area contributed by atoms with Gasteiger partial charge in [-0.1, -0.05) is 12.1 Å². The SMILES string of the molecule is COc1ccccc1OCC(=O)Nc1sc2c(c1C(=O)NCc1ccco1)CCC2. The number of fused-ring (bicyclic) bond motifs is 1. The minimum absolute atomic E-state index is 0.184. The second kappa shape index (κ2) is 9.04. The molecule has 2 heterocycles. The lowest BCUT2D eigenvalue weighted by atomic mass is 10.1. The molecule has 0 spiro atoms. The first-order valence-electron chi connectivity index (χ1n) is 9.66. The largest absolute Gasteiger partial charge is 0.493 e. The third kappa shape index (κ3) is 4.33. The summed E-state index contributed by atoms with van der Waals surface area (Å²) in [5.41, 5.74) is 1.57. The molecule has 156 valence electrons. The summed E-state index contributed by atoms with van der Waals surface area (Å²) in [5.74, 6) is 1.16. The van der Waals surface area contributed by atoms with Gasteiger partial charge in [0.15, 0.2) is 18.1 Å². The molecule has 0 atom stereocenters. The molecule has 2 N–H and O–H groups in total. The Labute approximate surface area is 178 Å². The maximum Gasteiger partial charge on any atom is 0.262 e. The van der Waals surface area contributed by atoms with Gasteiger partial charge in [0.25, 0.3) is 11.8 Å². The van der Waals surface area contributed by atoms with Gasteiger partial charge in [-0.15, -0.1) is 11.3 Å². The van der Waals surface area contributed by atoms with Crippen LogP contribution in [0.15, 0.2) is 47.1 Å². The Kier molecular flexibility index (Phi) is 6.04. The number of carbonyl (C=O) groups excluding carboxylic acids is 2. The van der Waals surface area contributed by atoms with E-state index in [-0.39, 0.29) is 18.4 Å². The molecule has 2 amide bonds. The molecule has 0 saturated heterocycles. The quantitative estimate of drug-likeness (QED) is 0.572. The molecule has 0 unspecified atom stereocenters. The number of furan rings is 1. The van der Waals surface area contributed by atoms with Gasteiger partial charge in [0, 0.05) is 4.88 Å². The number of aryl methyl sites for hydroxylation is 1. The highest BCUT2D eigenvalue weighted by molar-refractivity contribution is 7.17. The molecule has 4 rings (SSSR count). The minimum atomic E-state index is -0.332. The summed E-state index contributed by atoms with van der Waals surface area (Å²) in [6, 6.07) is 10.7. The number of carbonyl (C=O) groups is 2. The first-order valence-corrected chi connectivity index (χ1v) is 10.5. The normalized spacial score (nSPS) is 12.3. The molecule has 0 bridgehead atoms. The second-order valence-electron chi connectivity index (χ2n) is 6.81. The fraction of sp³-hybridized carbons (Fsp3) is 0.273. The van der Waals surface area contributed by atoms with E-state index in [1.54, 1.807) is 43.7 Å². The average Bonchev–Trinajstić information content (AvgIpc) is 3.48. The van der Waals surface area contributed by atoms with Crippen LogP contribution >= 0.6 is 11.3 Å². The molecule has 8 heteroatoms. The third-order valence-corrected chi connectivity index (χ3v) is 6.04. The molecule has 30 heavy (non-hydrogen) atoms. The highest BCUT2D eigenvalue weighted by Crippen LogP contribution is 2.39. The van der Waals surface area contributed by atoms with Crippen LogP contribution in [0.25, 0.3) is 0 Å². The summed E-state index contributed by atoms with van der Waals surface area (Å²) >= 11 is 1.46. The van der Waals surface area contributed by atoms with Crippen LogP contribution in [0, 0.1) is 0 Å². The van der Waals surface area contributed by atoms with Crippen molar-refractivity contribution < 1.29 is 23.5 Å². The Bertz CT molecular complexity index is 1040. The van der Waals surface area contributed by atoms with Crippen molar-refractivity contribution in [3.05, 3.63) is 64.4 Å². The molecule has 0 fully saturated rings. The molecule has 0 aliphatic heterocycles. The molecular weight excluding hydrogens is 404 g/mol. The molecule has 7 nitrogen and oxygen atoms in total. The summed E-state index contributed by atoms with van der Waals surface area (Å²) in [7, 11) is 1.54. The second-order valence-corrected chi connectivity index (χ2v) is 7.92. The van der Waals surface area contributed by atoms with Gasteiger partial charge in [0.1, 0.15) is 10.8 Å². The topological polar surface area (TPSA) is 89.8 Å². The first kappa shape index (κ1) is 20.0. The van der Waals surface area contributed by atoms with Crippen LogP contribution in [0.2, 0.25) is 0 Å². The van der Waals surface area contributed by atoms with Gasteiger partial charge >= 0.3 is 0 Å². The van der Waals surface area contributed by atoms with Gasteiger partial charge in [-0.2, -0.15) is 0 Å². The predicted molar refractivity (Wildman–Crippen MR) is 113 cm³/mol. The smallest absolute Gasteiger partial charge is 0.262 e.